The molecule has 168 valence electrons. The Morgan fingerprint density at radius 2 is 1.58 bits per heavy atom. The number of benzene rings is 3. The molecule has 3 rings (SSSR count). The van der Waals surface area contributed by atoms with E-state index in [-0.39, 0.29) is 22.4 Å². The molecule has 0 unspecified atom stereocenters. The summed E-state index contributed by atoms with van der Waals surface area (Å²) < 4.78 is 9.48. The van der Waals surface area contributed by atoms with Crippen molar-refractivity contribution in [2.75, 3.05) is 19.5 Å². The summed E-state index contributed by atoms with van der Waals surface area (Å²) in [6.45, 7) is 0. The molecule has 0 aromatic heterocycles. The van der Waals surface area contributed by atoms with Crippen molar-refractivity contribution in [3.63, 3.8) is 0 Å². The second-order valence-corrected chi connectivity index (χ2v) is 7.67. The van der Waals surface area contributed by atoms with Gasteiger partial charge in [-0.1, -0.05) is 30.0 Å². The fraction of sp³-hybridized carbons (Fsp3) is 0.0870. The van der Waals surface area contributed by atoms with Crippen molar-refractivity contribution >= 4 is 41.0 Å². The molecule has 0 spiro atoms. The molecular weight excluding hydrogens is 448 g/mol. The summed E-state index contributed by atoms with van der Waals surface area (Å²) in [5.41, 5.74) is 0.537. The van der Waals surface area contributed by atoms with Crippen molar-refractivity contribution in [3.8, 4) is 0 Å². The van der Waals surface area contributed by atoms with Crippen molar-refractivity contribution in [3.05, 3.63) is 93.5 Å². The van der Waals surface area contributed by atoms with E-state index in [0.29, 0.717) is 15.5 Å². The van der Waals surface area contributed by atoms with Gasteiger partial charge in [-0.15, -0.1) is 0 Å². The maximum atomic E-state index is 12.7. The molecule has 1 amide bonds. The number of anilines is 1. The number of esters is 2. The van der Waals surface area contributed by atoms with Gasteiger partial charge in [-0.25, -0.2) is 9.59 Å². The van der Waals surface area contributed by atoms with Crippen molar-refractivity contribution in [2.24, 2.45) is 0 Å². The van der Waals surface area contributed by atoms with Crippen molar-refractivity contribution < 1.29 is 28.8 Å². The number of hydrogen-bond acceptors (Lipinski definition) is 8. The second-order valence-electron chi connectivity index (χ2n) is 6.55. The summed E-state index contributed by atoms with van der Waals surface area (Å²) in [6.07, 6.45) is 0. The number of non-ortho nitro benzene ring substituents is 1. The summed E-state index contributed by atoms with van der Waals surface area (Å²) in [7, 11) is 2.42. The fourth-order valence-electron chi connectivity index (χ4n) is 2.89. The van der Waals surface area contributed by atoms with E-state index < -0.39 is 22.8 Å². The van der Waals surface area contributed by atoms with Crippen LogP contribution >= 0.6 is 11.8 Å². The fourth-order valence-corrected chi connectivity index (χ4v) is 3.84. The first-order valence-corrected chi connectivity index (χ1v) is 10.3. The van der Waals surface area contributed by atoms with Crippen LogP contribution in [0.3, 0.4) is 0 Å². The molecule has 3 aromatic carbocycles. The number of ether oxygens (including phenoxy) is 2. The number of carbonyl (C=O) groups excluding carboxylic acids is 3. The maximum absolute atomic E-state index is 12.7. The number of carbonyl (C=O) groups is 3. The van der Waals surface area contributed by atoms with Crippen LogP contribution in [0.25, 0.3) is 0 Å². The first kappa shape index (κ1) is 23.5. The summed E-state index contributed by atoms with van der Waals surface area (Å²) in [6, 6.07) is 17.0. The zero-order chi connectivity index (χ0) is 24.0. The predicted octanol–water partition coefficient (Wildman–Crippen LogP) is 4.57. The van der Waals surface area contributed by atoms with E-state index in [1.807, 2.05) is 0 Å². The summed E-state index contributed by atoms with van der Waals surface area (Å²) in [5, 5.41) is 13.7. The number of rotatable bonds is 7. The minimum atomic E-state index is -0.690. The van der Waals surface area contributed by atoms with Crippen LogP contribution in [0.1, 0.15) is 31.1 Å². The van der Waals surface area contributed by atoms with E-state index in [4.69, 9.17) is 9.47 Å². The zero-order valence-corrected chi connectivity index (χ0v) is 18.4. The number of nitrogens with one attached hydrogen (secondary N) is 1. The van der Waals surface area contributed by atoms with Crippen LogP contribution in [-0.4, -0.2) is 37.0 Å². The molecule has 0 aliphatic carbocycles. The quantitative estimate of drug-likeness (QED) is 0.305. The lowest BCUT2D eigenvalue weighted by Crippen LogP contribution is -2.13. The zero-order valence-electron chi connectivity index (χ0n) is 17.6. The van der Waals surface area contributed by atoms with Gasteiger partial charge in [0.25, 0.3) is 11.6 Å². The molecular formula is C23H18N2O7S. The van der Waals surface area contributed by atoms with Crippen molar-refractivity contribution in [2.45, 2.75) is 9.79 Å². The lowest BCUT2D eigenvalue weighted by atomic mass is 10.1. The molecule has 3 aromatic rings. The molecule has 9 nitrogen and oxygen atoms in total. The van der Waals surface area contributed by atoms with Gasteiger partial charge in [0.1, 0.15) is 0 Å². The largest absolute Gasteiger partial charge is 0.465 e. The van der Waals surface area contributed by atoms with Crippen LogP contribution < -0.4 is 5.32 Å². The monoisotopic (exact) mass is 466 g/mol. The molecule has 10 heteroatoms. The van der Waals surface area contributed by atoms with Gasteiger partial charge in [0.2, 0.25) is 0 Å². The average Bonchev–Trinajstić information content (AvgIpc) is 2.84. The van der Waals surface area contributed by atoms with E-state index in [1.54, 1.807) is 30.3 Å². The van der Waals surface area contributed by atoms with Gasteiger partial charge in [0.15, 0.2) is 0 Å². The summed E-state index contributed by atoms with van der Waals surface area (Å²) >= 11 is 1.25. The van der Waals surface area contributed by atoms with E-state index in [1.165, 1.54) is 62.4 Å². The third-order valence-corrected chi connectivity index (χ3v) is 5.55. The average molecular weight is 466 g/mol. The second kappa shape index (κ2) is 10.4. The van der Waals surface area contributed by atoms with Gasteiger partial charge in [-0.3, -0.25) is 14.9 Å². The molecule has 0 bridgehead atoms. The van der Waals surface area contributed by atoms with Gasteiger partial charge >= 0.3 is 11.9 Å². The first-order chi connectivity index (χ1) is 15.8. The molecule has 0 fully saturated rings. The van der Waals surface area contributed by atoms with E-state index in [2.05, 4.69) is 5.32 Å². The minimum absolute atomic E-state index is 0.0486. The Bertz CT molecular complexity index is 1240. The molecule has 1 N–H and O–H groups in total. The number of nitro benzene ring substituents is 1. The normalized spacial score (nSPS) is 10.2. The van der Waals surface area contributed by atoms with Gasteiger partial charge in [0, 0.05) is 27.5 Å². The molecule has 0 heterocycles. The Morgan fingerprint density at radius 3 is 2.27 bits per heavy atom. The van der Waals surface area contributed by atoms with Crippen LogP contribution in [0, 0.1) is 10.1 Å². The van der Waals surface area contributed by atoms with Gasteiger partial charge in [-0.05, 0) is 36.4 Å². The number of hydrogen-bond donors (Lipinski definition) is 1. The topological polar surface area (TPSA) is 125 Å². The predicted molar refractivity (Wildman–Crippen MR) is 121 cm³/mol. The molecule has 0 aliphatic rings. The number of amides is 1. The van der Waals surface area contributed by atoms with Crippen molar-refractivity contribution in [1.29, 1.82) is 0 Å². The maximum Gasteiger partial charge on any atom is 0.338 e. The van der Waals surface area contributed by atoms with E-state index in [0.717, 1.165) is 0 Å². The molecule has 0 saturated carbocycles. The van der Waals surface area contributed by atoms with Crippen LogP contribution in [0.2, 0.25) is 0 Å². The third-order valence-electron chi connectivity index (χ3n) is 4.48. The van der Waals surface area contributed by atoms with E-state index >= 15 is 0 Å². The molecule has 0 radical (unpaired) electrons. The smallest absolute Gasteiger partial charge is 0.338 e. The molecule has 33 heavy (non-hydrogen) atoms. The minimum Gasteiger partial charge on any atom is -0.465 e. The Labute approximate surface area is 192 Å². The number of para-hydroxylation sites is 1. The Hall–Kier alpha value is -4.18. The standard InChI is InChI=1S/C23H18N2O7S/c1-31-22(27)17-11-10-16(13-18(17)23(28)32-2)33-20-9-4-3-8-19(20)24-21(26)14-6-5-7-15(12-14)25(29)30/h3-13H,1-2H3,(H,24,26). The Morgan fingerprint density at radius 1 is 0.879 bits per heavy atom. The van der Waals surface area contributed by atoms with Gasteiger partial charge < -0.3 is 14.8 Å². The number of nitro groups is 1. The molecule has 0 atom stereocenters. The third kappa shape index (κ3) is 5.55. The van der Waals surface area contributed by atoms with Gasteiger partial charge in [-0.2, -0.15) is 0 Å². The summed E-state index contributed by atoms with van der Waals surface area (Å²) in [5.74, 6) is -1.87. The lowest BCUT2D eigenvalue weighted by Gasteiger charge is -2.12. The van der Waals surface area contributed by atoms with Crippen LogP contribution in [-0.2, 0) is 9.47 Å². The van der Waals surface area contributed by atoms with Gasteiger partial charge in [0.05, 0.1) is 36.0 Å². The highest BCUT2D eigenvalue weighted by Crippen LogP contribution is 2.35. The highest BCUT2D eigenvalue weighted by molar-refractivity contribution is 7.99. The van der Waals surface area contributed by atoms with Crippen LogP contribution in [0.15, 0.2) is 76.5 Å². The SMILES string of the molecule is COC(=O)c1ccc(Sc2ccccc2NC(=O)c2cccc([N+](=O)[O-])c2)cc1C(=O)OC. The van der Waals surface area contributed by atoms with Crippen LogP contribution in [0.5, 0.6) is 0 Å². The molecule has 0 aliphatic heterocycles. The highest BCUT2D eigenvalue weighted by Gasteiger charge is 2.20. The highest BCUT2D eigenvalue weighted by atomic mass is 32.2. The molecule has 0 saturated heterocycles. The van der Waals surface area contributed by atoms with E-state index in [9.17, 15) is 24.5 Å². The first-order valence-electron chi connectivity index (χ1n) is 9.47. The lowest BCUT2D eigenvalue weighted by molar-refractivity contribution is -0.384. The Balaban J connectivity index is 1.89. The van der Waals surface area contributed by atoms with Crippen LogP contribution in [0.4, 0.5) is 11.4 Å². The van der Waals surface area contributed by atoms with Crippen molar-refractivity contribution in [1.82, 2.24) is 0 Å². The Kier molecular flexibility index (Phi) is 7.42. The number of nitrogens with zero attached hydrogens (tertiary/aromatic N) is 1. The number of methoxy groups -OCH3 is 2. The summed E-state index contributed by atoms with van der Waals surface area (Å²) in [4.78, 5) is 48.5.